The zero-order valence-electron chi connectivity index (χ0n) is 23.4. The predicted octanol–water partition coefficient (Wildman–Crippen LogP) is 5.61. The Balaban J connectivity index is 0.000000781. The van der Waals surface area contributed by atoms with Gasteiger partial charge in [-0.05, 0) is 64.4 Å². The molecule has 2 rings (SSSR count). The molecular formula is C30H41NO7. The minimum absolute atomic E-state index is 0.0938. The van der Waals surface area contributed by atoms with Crippen LogP contribution in [-0.4, -0.2) is 58.8 Å². The number of aliphatic carboxylic acids is 2. The van der Waals surface area contributed by atoms with Crippen molar-refractivity contribution in [3.05, 3.63) is 71.8 Å². The monoisotopic (exact) mass is 527 g/mol. The number of esters is 1. The fourth-order valence-corrected chi connectivity index (χ4v) is 3.97. The number of carbonyl (C=O) groups excluding carboxylic acids is 1. The maximum absolute atomic E-state index is 12.4. The molecule has 2 aromatic rings. The van der Waals surface area contributed by atoms with Gasteiger partial charge in [-0.25, -0.2) is 9.59 Å². The van der Waals surface area contributed by atoms with Gasteiger partial charge in [0.05, 0.1) is 13.0 Å². The highest BCUT2D eigenvalue weighted by atomic mass is 16.5. The Morgan fingerprint density at radius 1 is 0.868 bits per heavy atom. The van der Waals surface area contributed by atoms with Crippen LogP contribution in [0, 0.1) is 5.92 Å². The molecule has 0 saturated carbocycles. The van der Waals surface area contributed by atoms with Gasteiger partial charge in [0, 0.05) is 35.7 Å². The summed E-state index contributed by atoms with van der Waals surface area (Å²) in [6.45, 7) is 13.6. The molecule has 0 heterocycles. The molecule has 0 amide bonds. The number of benzene rings is 2. The lowest BCUT2D eigenvalue weighted by atomic mass is 9.87. The molecule has 0 fully saturated rings. The molecule has 0 spiro atoms. The maximum atomic E-state index is 12.4. The molecule has 0 aliphatic heterocycles. The van der Waals surface area contributed by atoms with Crippen molar-refractivity contribution >= 4 is 17.9 Å². The lowest BCUT2D eigenvalue weighted by Crippen LogP contribution is -2.38. The molecule has 2 N–H and O–H groups in total. The predicted molar refractivity (Wildman–Crippen MR) is 148 cm³/mol. The first kappa shape index (κ1) is 32.4. The van der Waals surface area contributed by atoms with Crippen LogP contribution in [0.5, 0.6) is 11.5 Å². The van der Waals surface area contributed by atoms with Crippen LogP contribution in [0.4, 0.5) is 0 Å². The van der Waals surface area contributed by atoms with E-state index in [-0.39, 0.29) is 17.8 Å². The third-order valence-corrected chi connectivity index (χ3v) is 5.85. The summed E-state index contributed by atoms with van der Waals surface area (Å²) < 4.78 is 11.3. The van der Waals surface area contributed by atoms with Crippen LogP contribution in [0.1, 0.15) is 65.0 Å². The first-order valence-electron chi connectivity index (χ1n) is 12.7. The van der Waals surface area contributed by atoms with Crippen LogP contribution in [0.3, 0.4) is 0 Å². The Morgan fingerprint density at radius 3 is 1.87 bits per heavy atom. The van der Waals surface area contributed by atoms with Gasteiger partial charge in [-0.3, -0.25) is 9.69 Å². The van der Waals surface area contributed by atoms with E-state index in [1.807, 2.05) is 38.1 Å². The Morgan fingerprint density at radius 2 is 1.42 bits per heavy atom. The number of carboxylic acid groups (broad SMARTS) is 2. The van der Waals surface area contributed by atoms with E-state index in [1.54, 1.807) is 7.11 Å². The van der Waals surface area contributed by atoms with Crippen LogP contribution in [0.15, 0.2) is 60.7 Å². The van der Waals surface area contributed by atoms with E-state index < -0.39 is 11.9 Å². The molecule has 0 bridgehead atoms. The average molecular weight is 528 g/mol. The van der Waals surface area contributed by atoms with Crippen LogP contribution < -0.4 is 9.47 Å². The largest absolute Gasteiger partial charge is 0.497 e. The quantitative estimate of drug-likeness (QED) is 0.208. The number of carboxylic acids is 2. The number of rotatable bonds is 12. The second kappa shape index (κ2) is 16.2. The summed E-state index contributed by atoms with van der Waals surface area (Å²) in [7, 11) is 1.66. The maximum Gasteiger partial charge on any atom is 0.328 e. The first-order valence-corrected chi connectivity index (χ1v) is 12.7. The van der Waals surface area contributed by atoms with Gasteiger partial charge in [-0.2, -0.15) is 0 Å². The van der Waals surface area contributed by atoms with E-state index in [0.29, 0.717) is 30.0 Å². The Kier molecular flexibility index (Phi) is 13.8. The summed E-state index contributed by atoms with van der Waals surface area (Å²) >= 11 is 0. The standard InChI is InChI=1S/C26H37NO3.C4H4O4/c1-18(2)26(28)30-25-14-13-22(29-7)17-24(25)23(21-11-9-8-10-12-21)15-16-27(19(3)4)20(5)6;5-3(6)1-2-4(7)8/h8-14,17-20,23H,15-16H2,1-7H3;1-2H,(H,5,6)(H,7,8)/b;2-1+/t23-;/m1./s1. The first-order chi connectivity index (χ1) is 17.9. The molecule has 0 aromatic heterocycles. The minimum Gasteiger partial charge on any atom is -0.497 e. The van der Waals surface area contributed by atoms with E-state index in [4.69, 9.17) is 19.7 Å². The number of methoxy groups -OCH3 is 1. The van der Waals surface area contributed by atoms with E-state index >= 15 is 0 Å². The molecule has 0 aliphatic rings. The summed E-state index contributed by atoms with van der Waals surface area (Å²) in [5.41, 5.74) is 2.20. The third-order valence-electron chi connectivity index (χ3n) is 5.85. The summed E-state index contributed by atoms with van der Waals surface area (Å²) in [6, 6.07) is 17.1. The fourth-order valence-electron chi connectivity index (χ4n) is 3.97. The highest BCUT2D eigenvalue weighted by Crippen LogP contribution is 2.37. The highest BCUT2D eigenvalue weighted by Gasteiger charge is 2.24. The number of hydrogen-bond donors (Lipinski definition) is 2. The summed E-state index contributed by atoms with van der Waals surface area (Å²) in [6.07, 6.45) is 2.03. The normalized spacial score (nSPS) is 12.0. The van der Waals surface area contributed by atoms with E-state index in [0.717, 1.165) is 24.3 Å². The van der Waals surface area contributed by atoms with Crippen LogP contribution in [0.2, 0.25) is 0 Å². The minimum atomic E-state index is -1.26. The molecule has 0 unspecified atom stereocenters. The van der Waals surface area contributed by atoms with Crippen molar-refractivity contribution in [1.29, 1.82) is 0 Å². The Hall–Kier alpha value is -3.65. The van der Waals surface area contributed by atoms with Crippen LogP contribution in [-0.2, 0) is 14.4 Å². The van der Waals surface area contributed by atoms with Crippen molar-refractivity contribution < 1.29 is 34.1 Å². The van der Waals surface area contributed by atoms with Crippen molar-refractivity contribution in [3.63, 3.8) is 0 Å². The molecule has 1 atom stereocenters. The summed E-state index contributed by atoms with van der Waals surface area (Å²) in [5, 5.41) is 15.6. The van der Waals surface area contributed by atoms with E-state index in [2.05, 4.69) is 56.9 Å². The lowest BCUT2D eigenvalue weighted by Gasteiger charge is -2.32. The number of ether oxygens (including phenoxy) is 2. The number of nitrogens with zero attached hydrogens (tertiary/aromatic N) is 1. The molecule has 38 heavy (non-hydrogen) atoms. The zero-order chi connectivity index (χ0) is 28.8. The second-order valence-corrected chi connectivity index (χ2v) is 9.67. The highest BCUT2D eigenvalue weighted by molar-refractivity contribution is 5.89. The van der Waals surface area contributed by atoms with Crippen molar-refractivity contribution in [2.75, 3.05) is 13.7 Å². The van der Waals surface area contributed by atoms with Gasteiger partial charge in [0.2, 0.25) is 0 Å². The SMILES string of the molecule is COc1ccc(OC(=O)C(C)C)c([C@H](CCN(C(C)C)C(C)C)c2ccccc2)c1.O=C(O)/C=C/C(=O)O. The van der Waals surface area contributed by atoms with Gasteiger partial charge >= 0.3 is 17.9 Å². The summed E-state index contributed by atoms with van der Waals surface area (Å²) in [5.74, 6) is -1.45. The fraction of sp³-hybridized carbons (Fsp3) is 0.433. The van der Waals surface area contributed by atoms with Gasteiger partial charge in [0.25, 0.3) is 0 Å². The Bertz CT molecular complexity index is 1040. The number of hydrogen-bond acceptors (Lipinski definition) is 6. The van der Waals surface area contributed by atoms with Gasteiger partial charge in [0.1, 0.15) is 11.5 Å². The molecule has 8 nitrogen and oxygen atoms in total. The number of carbonyl (C=O) groups is 3. The van der Waals surface area contributed by atoms with Gasteiger partial charge < -0.3 is 19.7 Å². The van der Waals surface area contributed by atoms with Crippen molar-refractivity contribution in [2.45, 2.75) is 66.0 Å². The molecular weight excluding hydrogens is 486 g/mol. The molecule has 0 saturated heterocycles. The van der Waals surface area contributed by atoms with E-state index in [1.165, 1.54) is 5.56 Å². The van der Waals surface area contributed by atoms with Crippen LogP contribution in [0.25, 0.3) is 0 Å². The second-order valence-electron chi connectivity index (χ2n) is 9.67. The van der Waals surface area contributed by atoms with Gasteiger partial charge in [-0.15, -0.1) is 0 Å². The molecule has 2 aromatic carbocycles. The van der Waals surface area contributed by atoms with Crippen molar-refractivity contribution in [2.24, 2.45) is 5.92 Å². The molecule has 0 aliphatic carbocycles. The van der Waals surface area contributed by atoms with Crippen molar-refractivity contribution in [3.8, 4) is 11.5 Å². The molecule has 208 valence electrons. The molecule has 8 heteroatoms. The summed E-state index contributed by atoms with van der Waals surface area (Å²) in [4.78, 5) is 34.0. The zero-order valence-corrected chi connectivity index (χ0v) is 23.4. The van der Waals surface area contributed by atoms with Crippen molar-refractivity contribution in [1.82, 2.24) is 4.90 Å². The van der Waals surface area contributed by atoms with Crippen LogP contribution >= 0.6 is 0 Å². The average Bonchev–Trinajstić information content (AvgIpc) is 2.86. The Labute approximate surface area is 225 Å². The van der Waals surface area contributed by atoms with Gasteiger partial charge in [0.15, 0.2) is 0 Å². The molecule has 0 radical (unpaired) electrons. The van der Waals surface area contributed by atoms with E-state index in [9.17, 15) is 14.4 Å². The smallest absolute Gasteiger partial charge is 0.328 e. The topological polar surface area (TPSA) is 113 Å². The van der Waals surface area contributed by atoms with Gasteiger partial charge in [-0.1, -0.05) is 44.2 Å². The third kappa shape index (κ3) is 11.2. The lowest BCUT2D eigenvalue weighted by molar-refractivity contribution is -0.138.